The summed E-state index contributed by atoms with van der Waals surface area (Å²) in [5.41, 5.74) is 5.52. The summed E-state index contributed by atoms with van der Waals surface area (Å²) in [6.07, 6.45) is 2.54. The Morgan fingerprint density at radius 1 is 1.26 bits per heavy atom. The molecule has 0 aliphatic rings. The van der Waals surface area contributed by atoms with Crippen molar-refractivity contribution in [3.8, 4) is 0 Å². The van der Waals surface area contributed by atoms with Crippen LogP contribution in [0.2, 0.25) is 0 Å². The van der Waals surface area contributed by atoms with E-state index in [0.29, 0.717) is 18.3 Å². The fraction of sp³-hybridized carbons (Fsp3) is 0.857. The van der Waals surface area contributed by atoms with Crippen LogP contribution in [0, 0.1) is 0 Å². The lowest BCUT2D eigenvalue weighted by Gasteiger charge is -2.27. The van der Waals surface area contributed by atoms with E-state index in [-0.39, 0.29) is 12.0 Å². The van der Waals surface area contributed by atoms with Gasteiger partial charge in [0.05, 0.1) is 5.92 Å². The number of hydrogen-bond donors (Lipinski definition) is 1. The highest BCUT2D eigenvalue weighted by atomic mass is 16.5. The van der Waals surface area contributed by atoms with Gasteiger partial charge in [0.25, 0.3) is 0 Å². The van der Waals surface area contributed by atoms with Crippen molar-refractivity contribution < 1.29 is 9.26 Å². The van der Waals surface area contributed by atoms with Crippen LogP contribution < -0.4 is 5.73 Å². The third-order valence-corrected chi connectivity index (χ3v) is 3.80. The maximum Gasteiger partial charge on any atom is 0.231 e. The van der Waals surface area contributed by atoms with Crippen molar-refractivity contribution in [1.29, 1.82) is 0 Å². The van der Waals surface area contributed by atoms with Crippen molar-refractivity contribution in [3.63, 3.8) is 0 Å². The maximum absolute atomic E-state index is 5.96. The number of rotatable bonds is 8. The van der Waals surface area contributed by atoms with Gasteiger partial charge in [0.15, 0.2) is 0 Å². The molecule has 1 aromatic rings. The number of ether oxygens (including phenoxy) is 1. The van der Waals surface area contributed by atoms with Gasteiger partial charge in [0.2, 0.25) is 11.7 Å². The molecule has 0 aliphatic heterocycles. The van der Waals surface area contributed by atoms with E-state index in [4.69, 9.17) is 15.0 Å². The lowest BCUT2D eigenvalue weighted by molar-refractivity contribution is -0.0583. The molecule has 2 atom stereocenters. The molecule has 0 saturated carbocycles. The van der Waals surface area contributed by atoms with Crippen molar-refractivity contribution in [2.24, 2.45) is 5.73 Å². The van der Waals surface area contributed by atoms with Crippen molar-refractivity contribution in [2.45, 2.75) is 71.4 Å². The van der Waals surface area contributed by atoms with Gasteiger partial charge in [-0.2, -0.15) is 4.98 Å². The molecule has 0 fully saturated rings. The average Bonchev–Trinajstić information content (AvgIpc) is 2.86. The molecule has 0 radical (unpaired) electrons. The lowest BCUT2D eigenvalue weighted by Crippen LogP contribution is -2.30. The van der Waals surface area contributed by atoms with Gasteiger partial charge in [0.1, 0.15) is 5.60 Å². The first-order valence-corrected chi connectivity index (χ1v) is 7.28. The fourth-order valence-electron chi connectivity index (χ4n) is 2.45. The SMILES string of the molecule is CCOC(CC)(CC)c1noc(C(CC)C(C)N)n1. The van der Waals surface area contributed by atoms with Gasteiger partial charge >= 0.3 is 0 Å². The van der Waals surface area contributed by atoms with Crippen LogP contribution in [0.3, 0.4) is 0 Å². The second-order valence-corrected chi connectivity index (χ2v) is 4.96. The molecule has 2 unspecified atom stereocenters. The summed E-state index contributed by atoms with van der Waals surface area (Å²) in [4.78, 5) is 4.55. The van der Waals surface area contributed by atoms with E-state index in [1.54, 1.807) is 0 Å². The van der Waals surface area contributed by atoms with E-state index in [1.165, 1.54) is 0 Å². The molecule has 1 aromatic heterocycles. The second-order valence-electron chi connectivity index (χ2n) is 4.96. The van der Waals surface area contributed by atoms with E-state index in [2.05, 4.69) is 30.9 Å². The van der Waals surface area contributed by atoms with Crippen LogP contribution >= 0.6 is 0 Å². The molecule has 0 amide bonds. The minimum absolute atomic E-state index is 0.00282. The summed E-state index contributed by atoms with van der Waals surface area (Å²) in [6.45, 7) is 10.8. The molecule has 19 heavy (non-hydrogen) atoms. The highest BCUT2D eigenvalue weighted by Gasteiger charge is 2.35. The number of aromatic nitrogens is 2. The van der Waals surface area contributed by atoms with Crippen LogP contribution in [0.5, 0.6) is 0 Å². The van der Waals surface area contributed by atoms with E-state index in [9.17, 15) is 0 Å². The van der Waals surface area contributed by atoms with Crippen molar-refractivity contribution in [1.82, 2.24) is 10.1 Å². The lowest BCUT2D eigenvalue weighted by atomic mass is 9.95. The first-order chi connectivity index (χ1) is 9.04. The summed E-state index contributed by atoms with van der Waals surface area (Å²) in [6, 6.07) is 0.00282. The van der Waals surface area contributed by atoms with Gasteiger partial charge in [0, 0.05) is 12.6 Å². The van der Waals surface area contributed by atoms with E-state index < -0.39 is 5.60 Å². The molecular weight excluding hydrogens is 242 g/mol. The molecule has 110 valence electrons. The molecule has 0 spiro atoms. The Morgan fingerprint density at radius 3 is 2.32 bits per heavy atom. The molecule has 0 aromatic carbocycles. The van der Waals surface area contributed by atoms with E-state index in [1.807, 2.05) is 13.8 Å². The van der Waals surface area contributed by atoms with Crippen LogP contribution in [0.15, 0.2) is 4.52 Å². The third kappa shape index (κ3) is 3.34. The Hall–Kier alpha value is -0.940. The standard InChI is InChI=1S/C14H27N3O2/c1-6-11(10(5)15)12-16-13(17-19-12)14(7-2,8-3)18-9-4/h10-11H,6-9,15H2,1-5H3. The minimum Gasteiger partial charge on any atom is -0.367 e. The predicted octanol–water partition coefficient (Wildman–Crippen LogP) is 2.96. The highest BCUT2D eigenvalue weighted by molar-refractivity contribution is 5.04. The first-order valence-electron chi connectivity index (χ1n) is 7.28. The van der Waals surface area contributed by atoms with Gasteiger partial charge in [-0.15, -0.1) is 0 Å². The van der Waals surface area contributed by atoms with E-state index in [0.717, 1.165) is 19.3 Å². The maximum atomic E-state index is 5.96. The van der Waals surface area contributed by atoms with Crippen LogP contribution in [-0.2, 0) is 10.3 Å². The molecule has 0 aliphatic carbocycles. The molecule has 1 heterocycles. The van der Waals surface area contributed by atoms with Gasteiger partial charge in [-0.05, 0) is 33.1 Å². The predicted molar refractivity (Wildman–Crippen MR) is 74.9 cm³/mol. The normalized spacial score (nSPS) is 15.5. The smallest absolute Gasteiger partial charge is 0.231 e. The third-order valence-electron chi connectivity index (χ3n) is 3.80. The Morgan fingerprint density at radius 2 is 1.89 bits per heavy atom. The molecule has 5 heteroatoms. The summed E-state index contributed by atoms with van der Waals surface area (Å²) >= 11 is 0. The van der Waals surface area contributed by atoms with Gasteiger partial charge in [-0.3, -0.25) is 0 Å². The summed E-state index contributed by atoms with van der Waals surface area (Å²) in [5.74, 6) is 1.38. The molecule has 0 bridgehead atoms. The number of nitrogens with zero attached hydrogens (tertiary/aromatic N) is 2. The topological polar surface area (TPSA) is 74.2 Å². The number of hydrogen-bond acceptors (Lipinski definition) is 5. The molecular formula is C14H27N3O2. The van der Waals surface area contributed by atoms with Crippen LogP contribution in [0.1, 0.15) is 71.5 Å². The molecule has 1 rings (SSSR count). The van der Waals surface area contributed by atoms with Crippen molar-refractivity contribution >= 4 is 0 Å². The molecule has 2 N–H and O–H groups in total. The zero-order valence-electron chi connectivity index (χ0n) is 12.8. The number of nitrogens with two attached hydrogens (primary N) is 1. The second kappa shape index (κ2) is 7.01. The Labute approximate surface area is 115 Å². The highest BCUT2D eigenvalue weighted by Crippen LogP contribution is 2.32. The van der Waals surface area contributed by atoms with Gasteiger partial charge < -0.3 is 15.0 Å². The molecule has 0 saturated heterocycles. The average molecular weight is 269 g/mol. The zero-order valence-corrected chi connectivity index (χ0v) is 12.8. The Bertz CT molecular complexity index is 373. The monoisotopic (exact) mass is 269 g/mol. The largest absolute Gasteiger partial charge is 0.367 e. The fourth-order valence-corrected chi connectivity index (χ4v) is 2.45. The van der Waals surface area contributed by atoms with Gasteiger partial charge in [-0.1, -0.05) is 25.9 Å². The van der Waals surface area contributed by atoms with Crippen molar-refractivity contribution in [3.05, 3.63) is 11.7 Å². The Balaban J connectivity index is 3.05. The minimum atomic E-state index is -0.438. The summed E-state index contributed by atoms with van der Waals surface area (Å²) in [5, 5.41) is 4.13. The van der Waals surface area contributed by atoms with Crippen LogP contribution in [0.4, 0.5) is 0 Å². The first kappa shape index (κ1) is 16.1. The summed E-state index contributed by atoms with van der Waals surface area (Å²) < 4.78 is 11.3. The van der Waals surface area contributed by atoms with Crippen LogP contribution in [0.25, 0.3) is 0 Å². The molecule has 5 nitrogen and oxygen atoms in total. The van der Waals surface area contributed by atoms with Gasteiger partial charge in [-0.25, -0.2) is 0 Å². The van der Waals surface area contributed by atoms with Crippen LogP contribution in [-0.4, -0.2) is 22.8 Å². The van der Waals surface area contributed by atoms with E-state index >= 15 is 0 Å². The Kier molecular flexibility index (Phi) is 5.94. The quantitative estimate of drug-likeness (QED) is 0.785. The van der Waals surface area contributed by atoms with Crippen molar-refractivity contribution in [2.75, 3.05) is 6.61 Å². The zero-order chi connectivity index (χ0) is 14.5. The summed E-state index contributed by atoms with van der Waals surface area (Å²) in [7, 11) is 0.